The molecule has 4 nitrogen and oxygen atoms in total. The van der Waals surface area contributed by atoms with E-state index in [1.165, 1.54) is 45.2 Å². The molecule has 0 aromatic carbocycles. The molecule has 2 fully saturated rings. The molecular weight excluding hydrogens is 324 g/mol. The molecule has 4 heteroatoms. The zero-order chi connectivity index (χ0) is 19.4. The lowest BCUT2D eigenvalue weighted by Gasteiger charge is -2.40. The van der Waals surface area contributed by atoms with E-state index in [0.29, 0.717) is 6.04 Å². The zero-order valence-electron chi connectivity index (χ0n) is 18.5. The molecule has 0 saturated carbocycles. The van der Waals surface area contributed by atoms with Gasteiger partial charge in [-0.1, -0.05) is 0 Å². The first kappa shape index (κ1) is 22.1. The summed E-state index contributed by atoms with van der Waals surface area (Å²) in [6, 6.07) is 1.27. The second-order valence-electron chi connectivity index (χ2n) is 10.3. The van der Waals surface area contributed by atoms with E-state index in [1.807, 2.05) is 0 Å². The Hall–Kier alpha value is -0.160. The van der Waals surface area contributed by atoms with E-state index in [-0.39, 0.29) is 11.2 Å². The van der Waals surface area contributed by atoms with Crippen molar-refractivity contribution in [3.05, 3.63) is 0 Å². The summed E-state index contributed by atoms with van der Waals surface area (Å²) in [5.74, 6) is 0.740. The maximum atomic E-state index is 6.35. The van der Waals surface area contributed by atoms with Crippen LogP contribution in [0.1, 0.15) is 73.1 Å². The van der Waals surface area contributed by atoms with E-state index in [1.54, 1.807) is 0 Å². The minimum Gasteiger partial charge on any atom is -0.376 e. The van der Waals surface area contributed by atoms with Crippen molar-refractivity contribution in [2.24, 2.45) is 5.92 Å². The van der Waals surface area contributed by atoms with Gasteiger partial charge in [0.25, 0.3) is 0 Å². The molecule has 2 rings (SSSR count). The highest BCUT2D eigenvalue weighted by atomic mass is 16.5. The predicted octanol–water partition coefficient (Wildman–Crippen LogP) is 4.18. The highest BCUT2D eigenvalue weighted by Gasteiger charge is 2.32. The minimum absolute atomic E-state index is 0.0206. The highest BCUT2D eigenvalue weighted by Crippen LogP contribution is 2.31. The molecule has 2 unspecified atom stereocenters. The SMILES string of the molecule is CN1CCCC1CCOC(C)(C)CC1CCN(C)[C@H](COC(C)(C)C)C1. The number of hydrogen-bond acceptors (Lipinski definition) is 4. The van der Waals surface area contributed by atoms with Gasteiger partial charge in [-0.3, -0.25) is 0 Å². The van der Waals surface area contributed by atoms with Crippen LogP contribution in [0.25, 0.3) is 0 Å². The third kappa shape index (κ3) is 7.46. The van der Waals surface area contributed by atoms with Gasteiger partial charge in [0.05, 0.1) is 17.8 Å². The first-order valence-electron chi connectivity index (χ1n) is 10.7. The maximum Gasteiger partial charge on any atom is 0.0629 e. The summed E-state index contributed by atoms with van der Waals surface area (Å²) in [7, 11) is 4.49. The van der Waals surface area contributed by atoms with Crippen molar-refractivity contribution in [3.63, 3.8) is 0 Å². The predicted molar refractivity (Wildman–Crippen MR) is 110 cm³/mol. The van der Waals surface area contributed by atoms with Crippen molar-refractivity contribution < 1.29 is 9.47 Å². The van der Waals surface area contributed by atoms with Gasteiger partial charge in [-0.05, 0) is 106 Å². The molecule has 0 bridgehead atoms. The Balaban J connectivity index is 1.74. The Morgan fingerprint density at radius 1 is 0.885 bits per heavy atom. The van der Waals surface area contributed by atoms with Gasteiger partial charge in [0.1, 0.15) is 0 Å². The Bertz CT molecular complexity index is 419. The lowest BCUT2D eigenvalue weighted by Crippen LogP contribution is -2.45. The zero-order valence-corrected chi connectivity index (χ0v) is 18.5. The van der Waals surface area contributed by atoms with Crippen LogP contribution in [0.15, 0.2) is 0 Å². The molecule has 0 spiro atoms. The van der Waals surface area contributed by atoms with Gasteiger partial charge in [0.2, 0.25) is 0 Å². The molecule has 2 aliphatic heterocycles. The second-order valence-corrected chi connectivity index (χ2v) is 10.3. The Morgan fingerprint density at radius 2 is 1.58 bits per heavy atom. The van der Waals surface area contributed by atoms with E-state index in [0.717, 1.165) is 31.6 Å². The average Bonchev–Trinajstić information content (AvgIpc) is 2.92. The number of likely N-dealkylation sites (N-methyl/N-ethyl adjacent to an activating group) is 1. The monoisotopic (exact) mass is 368 g/mol. The Kier molecular flexibility index (Phi) is 7.97. The second kappa shape index (κ2) is 9.36. The van der Waals surface area contributed by atoms with Crippen LogP contribution in [0.5, 0.6) is 0 Å². The molecule has 0 amide bonds. The van der Waals surface area contributed by atoms with Gasteiger partial charge in [-0.15, -0.1) is 0 Å². The number of rotatable bonds is 8. The van der Waals surface area contributed by atoms with Gasteiger partial charge in [0.15, 0.2) is 0 Å². The topological polar surface area (TPSA) is 24.9 Å². The molecule has 0 N–H and O–H groups in total. The molecule has 3 atom stereocenters. The number of piperidine rings is 1. The van der Waals surface area contributed by atoms with Crippen LogP contribution in [-0.2, 0) is 9.47 Å². The summed E-state index contributed by atoms with van der Waals surface area (Å²) in [4.78, 5) is 4.97. The molecule has 0 radical (unpaired) electrons. The molecule has 0 aromatic heterocycles. The van der Waals surface area contributed by atoms with Crippen molar-refractivity contribution in [2.45, 2.75) is 96.4 Å². The molecule has 26 heavy (non-hydrogen) atoms. The van der Waals surface area contributed by atoms with E-state index >= 15 is 0 Å². The van der Waals surface area contributed by atoms with Crippen LogP contribution in [-0.4, -0.2) is 73.5 Å². The molecule has 2 aliphatic rings. The normalized spacial score (nSPS) is 29.4. The highest BCUT2D eigenvalue weighted by molar-refractivity contribution is 4.85. The van der Waals surface area contributed by atoms with Crippen molar-refractivity contribution in [1.29, 1.82) is 0 Å². The summed E-state index contributed by atoms with van der Waals surface area (Å²) in [6.07, 6.45) is 7.52. The Labute approximate surface area is 162 Å². The summed E-state index contributed by atoms with van der Waals surface area (Å²) in [5.41, 5.74) is -0.0727. The van der Waals surface area contributed by atoms with Crippen LogP contribution in [0.3, 0.4) is 0 Å². The summed E-state index contributed by atoms with van der Waals surface area (Å²) in [5, 5.41) is 0. The fourth-order valence-electron chi connectivity index (χ4n) is 4.55. The fraction of sp³-hybridized carbons (Fsp3) is 1.00. The van der Waals surface area contributed by atoms with Crippen LogP contribution in [0, 0.1) is 5.92 Å². The number of nitrogens with zero attached hydrogens (tertiary/aromatic N) is 2. The van der Waals surface area contributed by atoms with Gasteiger partial charge >= 0.3 is 0 Å². The quantitative estimate of drug-likeness (QED) is 0.642. The molecule has 0 aliphatic carbocycles. The van der Waals surface area contributed by atoms with Gasteiger partial charge in [-0.25, -0.2) is 0 Å². The van der Waals surface area contributed by atoms with Gasteiger partial charge < -0.3 is 19.3 Å². The third-order valence-corrected chi connectivity index (χ3v) is 6.22. The third-order valence-electron chi connectivity index (χ3n) is 6.22. The number of likely N-dealkylation sites (tertiary alicyclic amines) is 2. The van der Waals surface area contributed by atoms with Crippen molar-refractivity contribution in [1.82, 2.24) is 9.80 Å². The fourth-order valence-corrected chi connectivity index (χ4v) is 4.55. The van der Waals surface area contributed by atoms with Crippen LogP contribution >= 0.6 is 0 Å². The lowest BCUT2D eigenvalue weighted by atomic mass is 9.83. The molecule has 2 heterocycles. The lowest BCUT2D eigenvalue weighted by molar-refractivity contribution is -0.0642. The van der Waals surface area contributed by atoms with E-state index in [9.17, 15) is 0 Å². The summed E-state index contributed by atoms with van der Waals surface area (Å²) >= 11 is 0. The number of hydrogen-bond donors (Lipinski definition) is 0. The Morgan fingerprint density at radius 3 is 2.19 bits per heavy atom. The summed E-state index contributed by atoms with van der Waals surface area (Å²) in [6.45, 7) is 15.2. The van der Waals surface area contributed by atoms with Crippen molar-refractivity contribution >= 4 is 0 Å². The van der Waals surface area contributed by atoms with Crippen molar-refractivity contribution in [3.8, 4) is 0 Å². The smallest absolute Gasteiger partial charge is 0.0629 e. The van der Waals surface area contributed by atoms with Gasteiger partial charge in [-0.2, -0.15) is 0 Å². The van der Waals surface area contributed by atoms with Crippen LogP contribution < -0.4 is 0 Å². The first-order chi connectivity index (χ1) is 12.1. The van der Waals surface area contributed by atoms with E-state index in [4.69, 9.17) is 9.47 Å². The first-order valence-corrected chi connectivity index (χ1v) is 10.7. The van der Waals surface area contributed by atoms with Crippen LogP contribution in [0.4, 0.5) is 0 Å². The van der Waals surface area contributed by atoms with Crippen molar-refractivity contribution in [2.75, 3.05) is 40.4 Å². The summed E-state index contributed by atoms with van der Waals surface area (Å²) < 4.78 is 12.4. The average molecular weight is 369 g/mol. The molecule has 154 valence electrons. The molecule has 0 aromatic rings. The van der Waals surface area contributed by atoms with Gasteiger partial charge in [0, 0.05) is 18.7 Å². The minimum atomic E-state index is -0.0520. The maximum absolute atomic E-state index is 6.35. The molecule has 2 saturated heterocycles. The largest absolute Gasteiger partial charge is 0.376 e. The van der Waals surface area contributed by atoms with E-state index in [2.05, 4.69) is 58.5 Å². The van der Waals surface area contributed by atoms with Crippen LogP contribution in [0.2, 0.25) is 0 Å². The standard InChI is InChI=1S/C22H44N2O2/c1-21(2,3)26-17-20-15-18(10-13-24(20)7)16-22(4,5)25-14-11-19-9-8-12-23(19)6/h18-20H,8-17H2,1-7H3/t18?,19?,20-/m0/s1. The number of ether oxygens (including phenoxy) is 2. The van der Waals surface area contributed by atoms with E-state index < -0.39 is 0 Å². The molecular formula is C22H44N2O2.